The second-order valence-electron chi connectivity index (χ2n) is 5.09. The smallest absolute Gasteiger partial charge is 0.139 e. The van der Waals surface area contributed by atoms with Crippen LogP contribution in [0.3, 0.4) is 0 Å². The number of aromatic nitrogens is 2. The molecule has 93 valence electrons. The van der Waals surface area contributed by atoms with Crippen molar-refractivity contribution in [2.45, 2.75) is 38.8 Å². The average Bonchev–Trinajstić information content (AvgIpc) is 2.87. The zero-order chi connectivity index (χ0) is 12.4. The number of rotatable bonds is 3. The van der Waals surface area contributed by atoms with E-state index >= 15 is 0 Å². The number of anilines is 1. The molecule has 1 aromatic rings. The van der Waals surface area contributed by atoms with Gasteiger partial charge < -0.3 is 4.90 Å². The molecule has 3 nitrogen and oxygen atoms in total. The van der Waals surface area contributed by atoms with Gasteiger partial charge in [0.15, 0.2) is 0 Å². The van der Waals surface area contributed by atoms with Crippen LogP contribution in [0.5, 0.6) is 0 Å². The maximum absolute atomic E-state index is 4.79. The molecule has 4 heteroatoms. The number of fused-ring (bicyclic) bond motifs is 1. The van der Waals surface area contributed by atoms with Gasteiger partial charge in [0.05, 0.1) is 5.69 Å². The lowest BCUT2D eigenvalue weighted by molar-refractivity contribution is 0.571. The highest BCUT2D eigenvalue weighted by molar-refractivity contribution is 6.32. The van der Waals surface area contributed by atoms with E-state index < -0.39 is 0 Å². The Morgan fingerprint density at radius 2 is 2.06 bits per heavy atom. The molecule has 0 bridgehead atoms. The topological polar surface area (TPSA) is 29.0 Å². The van der Waals surface area contributed by atoms with Crippen LogP contribution in [0.1, 0.15) is 36.3 Å². The SMILES string of the molecule is C[B]Cc1nc2c(c(N3CCCCC3)n1)C=CC2. The summed E-state index contributed by atoms with van der Waals surface area (Å²) in [6, 6.07) is 0. The molecule has 0 atom stereocenters. The molecule has 0 unspecified atom stereocenters. The van der Waals surface area contributed by atoms with E-state index in [9.17, 15) is 0 Å². The van der Waals surface area contributed by atoms with Crippen molar-refractivity contribution in [2.24, 2.45) is 0 Å². The van der Waals surface area contributed by atoms with Gasteiger partial charge in [-0.3, -0.25) is 0 Å². The van der Waals surface area contributed by atoms with Crippen molar-refractivity contribution in [2.75, 3.05) is 18.0 Å². The summed E-state index contributed by atoms with van der Waals surface area (Å²) in [4.78, 5) is 11.9. The van der Waals surface area contributed by atoms with Gasteiger partial charge >= 0.3 is 0 Å². The summed E-state index contributed by atoms with van der Waals surface area (Å²) < 4.78 is 0. The first kappa shape index (κ1) is 11.8. The van der Waals surface area contributed by atoms with Crippen LogP contribution in [-0.4, -0.2) is 30.3 Å². The molecule has 1 saturated heterocycles. The van der Waals surface area contributed by atoms with E-state index in [1.165, 1.54) is 36.3 Å². The molecule has 0 amide bonds. The normalized spacial score (nSPS) is 17.9. The summed E-state index contributed by atoms with van der Waals surface area (Å²) in [5, 5.41) is 0. The zero-order valence-corrected chi connectivity index (χ0v) is 11.0. The van der Waals surface area contributed by atoms with Gasteiger partial charge in [-0.2, -0.15) is 0 Å². The lowest BCUT2D eigenvalue weighted by atomic mass is 9.78. The van der Waals surface area contributed by atoms with Crippen molar-refractivity contribution in [1.82, 2.24) is 9.97 Å². The van der Waals surface area contributed by atoms with Crippen molar-refractivity contribution in [1.29, 1.82) is 0 Å². The molecule has 3 rings (SSSR count). The second kappa shape index (κ2) is 5.13. The lowest BCUT2D eigenvalue weighted by Gasteiger charge is -2.29. The Bertz CT molecular complexity index is 464. The van der Waals surface area contributed by atoms with Crippen molar-refractivity contribution in [3.05, 3.63) is 23.2 Å². The Hall–Kier alpha value is -1.32. The number of nitrogens with zero attached hydrogens (tertiary/aromatic N) is 3. The van der Waals surface area contributed by atoms with Crippen LogP contribution in [0.25, 0.3) is 6.08 Å². The van der Waals surface area contributed by atoms with Gasteiger partial charge in [0.2, 0.25) is 0 Å². The fourth-order valence-corrected chi connectivity index (χ4v) is 2.79. The number of piperidine rings is 1. The van der Waals surface area contributed by atoms with E-state index in [1.807, 2.05) is 0 Å². The van der Waals surface area contributed by atoms with Gasteiger partial charge in [-0.1, -0.05) is 19.0 Å². The van der Waals surface area contributed by atoms with E-state index in [-0.39, 0.29) is 0 Å². The van der Waals surface area contributed by atoms with E-state index in [4.69, 9.17) is 4.98 Å². The Balaban J connectivity index is 1.97. The van der Waals surface area contributed by atoms with Gasteiger partial charge in [-0.05, 0) is 25.6 Å². The quantitative estimate of drug-likeness (QED) is 0.759. The Morgan fingerprint density at radius 3 is 2.83 bits per heavy atom. The Kier molecular flexibility index (Phi) is 3.35. The standard InChI is InChI=1S/C14H19BN3/c1-15-10-13-16-12-7-5-6-11(12)14(17-13)18-8-3-2-4-9-18/h5-6H,2-4,7-10H2,1H3. The first-order valence-corrected chi connectivity index (χ1v) is 6.97. The molecule has 2 heterocycles. The van der Waals surface area contributed by atoms with Crippen LogP contribution in [0, 0.1) is 0 Å². The maximum Gasteiger partial charge on any atom is 0.139 e. The van der Waals surface area contributed by atoms with E-state index in [2.05, 4.69) is 36.1 Å². The number of allylic oxidation sites excluding steroid dienone is 1. The number of hydrogen-bond donors (Lipinski definition) is 0. The molecule has 1 aromatic heterocycles. The van der Waals surface area contributed by atoms with Crippen LogP contribution >= 0.6 is 0 Å². The van der Waals surface area contributed by atoms with Crippen LogP contribution in [0.2, 0.25) is 6.82 Å². The predicted octanol–water partition coefficient (Wildman–Crippen LogP) is 2.29. The third-order valence-electron chi connectivity index (χ3n) is 3.69. The lowest BCUT2D eigenvalue weighted by Crippen LogP contribution is -2.31. The highest BCUT2D eigenvalue weighted by Crippen LogP contribution is 2.29. The molecule has 0 N–H and O–H groups in total. The summed E-state index contributed by atoms with van der Waals surface area (Å²) >= 11 is 0. The average molecular weight is 240 g/mol. The fourth-order valence-electron chi connectivity index (χ4n) is 2.79. The largest absolute Gasteiger partial charge is 0.356 e. The molecular formula is C14H19BN3. The van der Waals surface area contributed by atoms with Crippen LogP contribution in [0.15, 0.2) is 6.08 Å². The van der Waals surface area contributed by atoms with E-state index in [0.717, 1.165) is 31.7 Å². The molecule has 1 aliphatic heterocycles. The maximum atomic E-state index is 4.79. The van der Waals surface area contributed by atoms with Gasteiger partial charge in [-0.25, -0.2) is 9.97 Å². The van der Waals surface area contributed by atoms with E-state index in [1.54, 1.807) is 0 Å². The molecule has 0 aromatic carbocycles. The van der Waals surface area contributed by atoms with Crippen molar-refractivity contribution >= 4 is 19.2 Å². The first-order valence-electron chi connectivity index (χ1n) is 6.97. The van der Waals surface area contributed by atoms with Crippen LogP contribution in [0.4, 0.5) is 5.82 Å². The van der Waals surface area contributed by atoms with Crippen LogP contribution in [-0.2, 0) is 12.7 Å². The third-order valence-corrected chi connectivity index (χ3v) is 3.69. The molecule has 18 heavy (non-hydrogen) atoms. The highest BCUT2D eigenvalue weighted by atomic mass is 15.2. The molecule has 1 fully saturated rings. The van der Waals surface area contributed by atoms with Gasteiger partial charge in [0.1, 0.15) is 18.9 Å². The summed E-state index contributed by atoms with van der Waals surface area (Å²) in [5.74, 6) is 2.14. The minimum Gasteiger partial charge on any atom is -0.356 e. The minimum atomic E-state index is 0.869. The second-order valence-corrected chi connectivity index (χ2v) is 5.09. The zero-order valence-electron chi connectivity index (χ0n) is 11.0. The molecule has 2 aliphatic rings. The molecular weight excluding hydrogens is 221 g/mol. The van der Waals surface area contributed by atoms with Crippen molar-refractivity contribution in [3.8, 4) is 0 Å². The number of hydrogen-bond acceptors (Lipinski definition) is 3. The fraction of sp³-hybridized carbons (Fsp3) is 0.571. The third kappa shape index (κ3) is 2.16. The Morgan fingerprint density at radius 1 is 1.22 bits per heavy atom. The van der Waals surface area contributed by atoms with Crippen molar-refractivity contribution in [3.63, 3.8) is 0 Å². The van der Waals surface area contributed by atoms with Crippen LogP contribution < -0.4 is 4.90 Å². The van der Waals surface area contributed by atoms with E-state index in [0.29, 0.717) is 0 Å². The minimum absolute atomic E-state index is 0.869. The molecule has 0 spiro atoms. The highest BCUT2D eigenvalue weighted by Gasteiger charge is 2.21. The first-order chi connectivity index (χ1) is 8.88. The van der Waals surface area contributed by atoms with Crippen molar-refractivity contribution < 1.29 is 0 Å². The van der Waals surface area contributed by atoms with Gasteiger partial charge in [0, 0.05) is 25.1 Å². The Labute approximate surface area is 110 Å². The van der Waals surface area contributed by atoms with Gasteiger partial charge in [0.25, 0.3) is 0 Å². The monoisotopic (exact) mass is 240 g/mol. The summed E-state index contributed by atoms with van der Waals surface area (Å²) in [6.45, 7) is 4.36. The molecule has 1 aliphatic carbocycles. The summed E-state index contributed by atoms with van der Waals surface area (Å²) in [7, 11) is 2.13. The summed E-state index contributed by atoms with van der Waals surface area (Å²) in [5.41, 5.74) is 2.47. The van der Waals surface area contributed by atoms with Gasteiger partial charge in [-0.15, -0.1) is 0 Å². The molecule has 1 radical (unpaired) electrons. The molecule has 0 saturated carbocycles. The summed E-state index contributed by atoms with van der Waals surface area (Å²) in [6.07, 6.45) is 10.2. The predicted molar refractivity (Wildman–Crippen MR) is 76.2 cm³/mol.